The van der Waals surface area contributed by atoms with E-state index in [9.17, 15) is 14.9 Å². The van der Waals surface area contributed by atoms with Crippen LogP contribution < -0.4 is 10.2 Å². The second-order valence-corrected chi connectivity index (χ2v) is 13.3. The molecule has 1 saturated heterocycles. The lowest BCUT2D eigenvalue weighted by Crippen LogP contribution is -2.36. The maximum absolute atomic E-state index is 13.6. The molecule has 1 aliphatic carbocycles. The maximum Gasteiger partial charge on any atom is 0.421 e. The Morgan fingerprint density at radius 1 is 1.00 bits per heavy atom. The predicted molar refractivity (Wildman–Crippen MR) is 167 cm³/mol. The van der Waals surface area contributed by atoms with Gasteiger partial charge in [0, 0.05) is 43.3 Å². The highest BCUT2D eigenvalue weighted by atomic mass is 16.6. The van der Waals surface area contributed by atoms with Crippen LogP contribution in [0.15, 0.2) is 48.9 Å². The van der Waals surface area contributed by atoms with Crippen LogP contribution >= 0.6 is 0 Å². The van der Waals surface area contributed by atoms with Gasteiger partial charge < -0.3 is 19.7 Å². The lowest BCUT2D eigenvalue weighted by molar-refractivity contribution is 0.0293. The van der Waals surface area contributed by atoms with E-state index >= 15 is 0 Å². The summed E-state index contributed by atoms with van der Waals surface area (Å²) in [6.07, 6.45) is 6.89. The first-order chi connectivity index (χ1) is 20.8. The van der Waals surface area contributed by atoms with E-state index in [1.807, 2.05) is 39.0 Å². The summed E-state index contributed by atoms with van der Waals surface area (Å²) in [6, 6.07) is 11.2. The van der Waals surface area contributed by atoms with E-state index in [-0.39, 0.29) is 18.0 Å². The van der Waals surface area contributed by atoms with E-state index in [0.29, 0.717) is 36.1 Å². The largest absolute Gasteiger partial charge is 0.444 e. The number of carbonyl (C=O) groups excluding carboxylic acids is 2. The molecule has 3 aromatic rings. The fourth-order valence-electron chi connectivity index (χ4n) is 4.94. The first-order valence-corrected chi connectivity index (χ1v) is 14.9. The summed E-state index contributed by atoms with van der Waals surface area (Å²) in [5.74, 6) is 0.957. The Balaban J connectivity index is 1.45. The molecule has 2 fully saturated rings. The summed E-state index contributed by atoms with van der Waals surface area (Å²) in [5.41, 5.74) is 2.32. The molecule has 0 spiro atoms. The molecular formula is C33H39N7O4. The molecule has 5 rings (SSSR count). The fraction of sp³-hybridized carbons (Fsp3) is 0.455. The minimum absolute atomic E-state index is 0.0435. The number of hydrogen-bond acceptors (Lipinski definition) is 9. The number of aromatic nitrogens is 3. The van der Waals surface area contributed by atoms with Crippen LogP contribution in [-0.4, -0.2) is 62.4 Å². The van der Waals surface area contributed by atoms with Gasteiger partial charge >= 0.3 is 12.2 Å². The van der Waals surface area contributed by atoms with Crippen molar-refractivity contribution in [3.05, 3.63) is 60.0 Å². The van der Waals surface area contributed by atoms with Crippen molar-refractivity contribution in [2.75, 3.05) is 23.3 Å². The zero-order chi connectivity index (χ0) is 31.6. The van der Waals surface area contributed by atoms with Gasteiger partial charge in [0.25, 0.3) is 0 Å². The molecule has 230 valence electrons. The Morgan fingerprint density at radius 3 is 2.43 bits per heavy atom. The summed E-state index contributed by atoms with van der Waals surface area (Å²) < 4.78 is 11.3. The van der Waals surface area contributed by atoms with Gasteiger partial charge in [0.05, 0.1) is 23.0 Å². The van der Waals surface area contributed by atoms with Gasteiger partial charge in [-0.25, -0.2) is 24.5 Å². The highest BCUT2D eigenvalue weighted by Gasteiger charge is 2.32. The van der Waals surface area contributed by atoms with Crippen molar-refractivity contribution in [3.63, 3.8) is 0 Å². The minimum Gasteiger partial charge on any atom is -0.444 e. The van der Waals surface area contributed by atoms with Gasteiger partial charge in [0.15, 0.2) is 0 Å². The fourth-order valence-corrected chi connectivity index (χ4v) is 4.94. The molecular weight excluding hydrogens is 558 g/mol. The van der Waals surface area contributed by atoms with Gasteiger partial charge in [-0.05, 0) is 103 Å². The smallest absolute Gasteiger partial charge is 0.421 e. The van der Waals surface area contributed by atoms with Crippen molar-refractivity contribution in [3.8, 4) is 17.3 Å². The molecule has 1 saturated carbocycles. The van der Waals surface area contributed by atoms with E-state index in [4.69, 9.17) is 14.5 Å². The van der Waals surface area contributed by atoms with E-state index in [2.05, 4.69) is 21.4 Å². The molecule has 2 amide bonds. The highest BCUT2D eigenvalue weighted by Crippen LogP contribution is 2.43. The molecule has 4 heterocycles. The second kappa shape index (κ2) is 12.1. The normalized spacial score (nSPS) is 16.7. The molecule has 0 aromatic carbocycles. The van der Waals surface area contributed by atoms with E-state index < -0.39 is 17.3 Å². The van der Waals surface area contributed by atoms with Crippen molar-refractivity contribution < 1.29 is 19.1 Å². The Hall–Kier alpha value is -4.72. The van der Waals surface area contributed by atoms with Crippen LogP contribution in [0.2, 0.25) is 0 Å². The van der Waals surface area contributed by atoms with Crippen LogP contribution in [0.1, 0.15) is 77.8 Å². The van der Waals surface area contributed by atoms with Crippen LogP contribution in [0.3, 0.4) is 0 Å². The van der Waals surface area contributed by atoms with Gasteiger partial charge in [-0.15, -0.1) is 0 Å². The van der Waals surface area contributed by atoms with E-state index in [1.165, 1.54) is 11.1 Å². The first kappa shape index (κ1) is 30.7. The lowest BCUT2D eigenvalue weighted by atomic mass is 10.1. The molecule has 2 aliphatic rings. The van der Waals surface area contributed by atoms with Crippen molar-refractivity contribution in [1.29, 1.82) is 5.26 Å². The van der Waals surface area contributed by atoms with Crippen LogP contribution in [-0.2, 0) is 9.47 Å². The number of nitrogens with one attached hydrogen (secondary N) is 1. The van der Waals surface area contributed by atoms with Crippen molar-refractivity contribution in [2.24, 2.45) is 0 Å². The molecule has 1 atom stereocenters. The Kier molecular flexibility index (Phi) is 8.46. The quantitative estimate of drug-likeness (QED) is 0.326. The Morgan fingerprint density at radius 2 is 1.75 bits per heavy atom. The van der Waals surface area contributed by atoms with Crippen LogP contribution in [0.25, 0.3) is 11.3 Å². The van der Waals surface area contributed by atoms with Crippen LogP contribution in [0.4, 0.5) is 26.9 Å². The van der Waals surface area contributed by atoms with Crippen LogP contribution in [0.5, 0.6) is 0 Å². The topological polar surface area (TPSA) is 134 Å². The van der Waals surface area contributed by atoms with Crippen LogP contribution in [0, 0.1) is 11.3 Å². The molecule has 44 heavy (non-hydrogen) atoms. The lowest BCUT2D eigenvalue weighted by Gasteiger charge is -2.27. The van der Waals surface area contributed by atoms with Crippen molar-refractivity contribution in [1.82, 2.24) is 19.9 Å². The molecule has 1 aliphatic heterocycles. The molecule has 3 aromatic heterocycles. The zero-order valence-electron chi connectivity index (χ0n) is 26.1. The van der Waals surface area contributed by atoms with Gasteiger partial charge in [0.1, 0.15) is 22.8 Å². The van der Waals surface area contributed by atoms with Gasteiger partial charge in [-0.3, -0.25) is 4.98 Å². The molecule has 11 nitrogen and oxygen atoms in total. The molecule has 0 unspecified atom stereocenters. The highest BCUT2D eigenvalue weighted by molar-refractivity contribution is 5.94. The first-order valence-electron chi connectivity index (χ1n) is 14.9. The number of pyridine rings is 3. The van der Waals surface area contributed by atoms with Gasteiger partial charge in [0.2, 0.25) is 0 Å². The monoisotopic (exact) mass is 597 g/mol. The summed E-state index contributed by atoms with van der Waals surface area (Å²) in [6.45, 7) is 12.1. The number of likely N-dealkylation sites (tertiary alicyclic amines) is 1. The SMILES string of the molecule is CC(C)(C)OC(=O)N1CC[C@H](Nc2cncc(-c3cc(C4CC4)cc(N(C(=O)OC(C)(C)C)c4cc(C#N)ccn4)n3)c2)C1. The maximum atomic E-state index is 13.6. The number of hydrogen-bond donors (Lipinski definition) is 1. The predicted octanol–water partition coefficient (Wildman–Crippen LogP) is 6.78. The summed E-state index contributed by atoms with van der Waals surface area (Å²) in [4.78, 5) is 42.9. The molecule has 1 N–H and O–H groups in total. The van der Waals surface area contributed by atoms with E-state index in [1.54, 1.807) is 50.2 Å². The third-order valence-corrected chi connectivity index (χ3v) is 7.04. The van der Waals surface area contributed by atoms with Gasteiger partial charge in [-0.2, -0.15) is 5.26 Å². The average Bonchev–Trinajstić information content (AvgIpc) is 3.70. The van der Waals surface area contributed by atoms with E-state index in [0.717, 1.165) is 36.1 Å². The molecule has 0 radical (unpaired) electrons. The number of rotatable bonds is 6. The molecule has 0 bridgehead atoms. The average molecular weight is 598 g/mol. The Labute approximate surface area is 258 Å². The number of nitrogens with zero attached hydrogens (tertiary/aromatic N) is 6. The summed E-state index contributed by atoms with van der Waals surface area (Å²) in [7, 11) is 0. The van der Waals surface area contributed by atoms with Crippen molar-refractivity contribution in [2.45, 2.75) is 84.0 Å². The molecule has 11 heteroatoms. The third kappa shape index (κ3) is 7.81. The standard InChI is InChI=1S/C33H39N7O4/c1-32(2,3)43-30(41)39-12-10-25(20-39)37-26-14-24(18-35-19-26)27-15-23(22-7-8-22)16-29(38-27)40(31(42)44-33(4,5)6)28-13-21(17-34)9-11-36-28/h9,11,13-16,18-19,22,25,37H,7-8,10,12,20H2,1-6H3/t25-/m0/s1. The van der Waals surface area contributed by atoms with Gasteiger partial charge in [-0.1, -0.05) is 0 Å². The number of carbonyl (C=O) groups is 2. The zero-order valence-corrected chi connectivity index (χ0v) is 26.1. The second-order valence-electron chi connectivity index (χ2n) is 13.3. The number of anilines is 3. The minimum atomic E-state index is -0.762. The number of ether oxygens (including phenoxy) is 2. The van der Waals surface area contributed by atoms with Crippen molar-refractivity contribution >= 4 is 29.5 Å². The Bertz CT molecular complexity index is 1580. The number of nitriles is 1. The third-order valence-electron chi connectivity index (χ3n) is 7.04. The summed E-state index contributed by atoms with van der Waals surface area (Å²) >= 11 is 0. The summed E-state index contributed by atoms with van der Waals surface area (Å²) in [5, 5.41) is 13.0. The number of amides is 2.